The molecule has 1 amide bonds. The fraction of sp³-hybridized carbons (Fsp3) is 0.500. The van der Waals surface area contributed by atoms with E-state index in [0.29, 0.717) is 5.69 Å². The zero-order valence-corrected chi connectivity index (χ0v) is 12.6. The molecule has 5 heteroatoms. The number of para-hydroxylation sites is 1. The first kappa shape index (κ1) is 15.5. The fourth-order valence-corrected chi connectivity index (χ4v) is 2.45. The lowest BCUT2D eigenvalue weighted by Gasteiger charge is -2.29. The van der Waals surface area contributed by atoms with E-state index < -0.39 is 0 Å². The highest BCUT2D eigenvalue weighted by Crippen LogP contribution is 2.15. The van der Waals surface area contributed by atoms with Crippen LogP contribution in [0, 0.1) is 0 Å². The predicted molar refractivity (Wildman–Crippen MR) is 81.1 cm³/mol. The smallest absolute Gasteiger partial charge is 0.326 e. The Labute approximate surface area is 125 Å². The third-order valence-electron chi connectivity index (χ3n) is 3.70. The van der Waals surface area contributed by atoms with Gasteiger partial charge in [-0.1, -0.05) is 18.2 Å². The lowest BCUT2D eigenvalue weighted by Crippen LogP contribution is -2.39. The van der Waals surface area contributed by atoms with Crippen LogP contribution >= 0.6 is 0 Å². The molecule has 1 fully saturated rings. The van der Waals surface area contributed by atoms with E-state index in [0.717, 1.165) is 25.9 Å². The Morgan fingerprint density at radius 2 is 1.86 bits per heavy atom. The topological polar surface area (TPSA) is 49.9 Å². The van der Waals surface area contributed by atoms with E-state index in [4.69, 9.17) is 4.74 Å². The number of carbonyl (C=O) groups is 2. The minimum absolute atomic E-state index is 0.0294. The van der Waals surface area contributed by atoms with Gasteiger partial charge in [0, 0.05) is 25.7 Å². The summed E-state index contributed by atoms with van der Waals surface area (Å²) in [5.74, 6) is -0.509. The maximum atomic E-state index is 12.1. The van der Waals surface area contributed by atoms with Crippen molar-refractivity contribution in [3.63, 3.8) is 0 Å². The van der Waals surface area contributed by atoms with E-state index in [2.05, 4.69) is 11.9 Å². The summed E-state index contributed by atoms with van der Waals surface area (Å²) in [7, 11) is 2.06. The molecule has 0 N–H and O–H groups in total. The second-order valence-corrected chi connectivity index (χ2v) is 5.43. The highest BCUT2D eigenvalue weighted by Gasteiger charge is 2.22. The van der Waals surface area contributed by atoms with Gasteiger partial charge in [0.25, 0.3) is 0 Å². The van der Waals surface area contributed by atoms with Crippen molar-refractivity contribution in [1.29, 1.82) is 0 Å². The van der Waals surface area contributed by atoms with Crippen LogP contribution in [0.15, 0.2) is 30.3 Å². The summed E-state index contributed by atoms with van der Waals surface area (Å²) in [6.07, 6.45) is 1.68. The zero-order chi connectivity index (χ0) is 15.2. The van der Waals surface area contributed by atoms with Gasteiger partial charge in [0.05, 0.1) is 0 Å². The molecule has 1 aliphatic heterocycles. The van der Waals surface area contributed by atoms with E-state index in [-0.39, 0.29) is 24.5 Å². The normalized spacial score (nSPS) is 16.5. The SMILES string of the molecule is CC(=O)N(CC(=O)OC1CCN(C)CC1)c1ccccc1. The summed E-state index contributed by atoms with van der Waals surface area (Å²) >= 11 is 0. The largest absolute Gasteiger partial charge is 0.461 e. The van der Waals surface area contributed by atoms with Crippen LogP contribution in [0.5, 0.6) is 0 Å². The molecular formula is C16H22N2O3. The Kier molecular flexibility index (Phi) is 5.33. The number of nitrogens with zero attached hydrogens (tertiary/aromatic N) is 2. The summed E-state index contributed by atoms with van der Waals surface area (Å²) in [6.45, 7) is 3.29. The van der Waals surface area contributed by atoms with Crippen molar-refractivity contribution in [1.82, 2.24) is 4.90 Å². The molecule has 21 heavy (non-hydrogen) atoms. The number of rotatable bonds is 4. The Balaban J connectivity index is 1.91. The molecule has 1 heterocycles. The van der Waals surface area contributed by atoms with Crippen LogP contribution in [-0.4, -0.2) is 49.6 Å². The zero-order valence-electron chi connectivity index (χ0n) is 12.6. The first-order valence-corrected chi connectivity index (χ1v) is 7.27. The van der Waals surface area contributed by atoms with Crippen molar-refractivity contribution in [3.05, 3.63) is 30.3 Å². The number of ether oxygens (including phenoxy) is 1. The Bertz CT molecular complexity index is 482. The molecule has 0 aromatic heterocycles. The second kappa shape index (κ2) is 7.22. The monoisotopic (exact) mass is 290 g/mol. The van der Waals surface area contributed by atoms with Gasteiger partial charge in [-0.25, -0.2) is 0 Å². The van der Waals surface area contributed by atoms with Gasteiger partial charge in [0.2, 0.25) is 5.91 Å². The molecule has 1 aromatic carbocycles. The molecule has 0 spiro atoms. The van der Waals surface area contributed by atoms with E-state index in [9.17, 15) is 9.59 Å². The molecule has 1 saturated heterocycles. The van der Waals surface area contributed by atoms with Crippen LogP contribution in [0.3, 0.4) is 0 Å². The Hall–Kier alpha value is -1.88. The summed E-state index contributed by atoms with van der Waals surface area (Å²) in [6, 6.07) is 9.17. The first-order chi connectivity index (χ1) is 10.1. The molecule has 0 atom stereocenters. The third kappa shape index (κ3) is 4.56. The van der Waals surface area contributed by atoms with Crippen LogP contribution in [0.1, 0.15) is 19.8 Å². The number of hydrogen-bond acceptors (Lipinski definition) is 4. The van der Waals surface area contributed by atoms with Crippen molar-refractivity contribution in [2.24, 2.45) is 0 Å². The molecule has 1 aromatic rings. The first-order valence-electron chi connectivity index (χ1n) is 7.27. The van der Waals surface area contributed by atoms with Gasteiger partial charge in [0.1, 0.15) is 12.6 Å². The van der Waals surface area contributed by atoms with Crippen molar-refractivity contribution >= 4 is 17.6 Å². The van der Waals surface area contributed by atoms with Gasteiger partial charge in [-0.2, -0.15) is 0 Å². The van der Waals surface area contributed by atoms with Crippen molar-refractivity contribution in [3.8, 4) is 0 Å². The number of carbonyl (C=O) groups excluding carboxylic acids is 2. The van der Waals surface area contributed by atoms with Crippen molar-refractivity contribution < 1.29 is 14.3 Å². The molecule has 114 valence electrons. The molecule has 0 aliphatic carbocycles. The second-order valence-electron chi connectivity index (χ2n) is 5.43. The number of hydrogen-bond donors (Lipinski definition) is 0. The van der Waals surface area contributed by atoms with Gasteiger partial charge in [-0.15, -0.1) is 0 Å². The Morgan fingerprint density at radius 3 is 2.43 bits per heavy atom. The number of piperidine rings is 1. The summed E-state index contributed by atoms with van der Waals surface area (Å²) < 4.78 is 5.48. The molecule has 0 unspecified atom stereocenters. The molecule has 0 radical (unpaired) electrons. The van der Waals surface area contributed by atoms with E-state index in [1.54, 1.807) is 0 Å². The molecule has 1 aliphatic rings. The van der Waals surface area contributed by atoms with Crippen LogP contribution in [0.2, 0.25) is 0 Å². The molecule has 0 bridgehead atoms. The predicted octanol–water partition coefficient (Wildman–Crippen LogP) is 1.68. The van der Waals surface area contributed by atoms with Crippen molar-refractivity contribution in [2.75, 3.05) is 31.6 Å². The van der Waals surface area contributed by atoms with Gasteiger partial charge < -0.3 is 14.5 Å². The van der Waals surface area contributed by atoms with Crippen molar-refractivity contribution in [2.45, 2.75) is 25.9 Å². The minimum atomic E-state index is -0.344. The van der Waals surface area contributed by atoms with E-state index in [1.165, 1.54) is 11.8 Å². The summed E-state index contributed by atoms with van der Waals surface area (Å²) in [5.41, 5.74) is 0.713. The highest BCUT2D eigenvalue weighted by atomic mass is 16.5. The average Bonchev–Trinajstić information content (AvgIpc) is 2.48. The Morgan fingerprint density at radius 1 is 1.24 bits per heavy atom. The maximum Gasteiger partial charge on any atom is 0.326 e. The number of benzene rings is 1. The number of esters is 1. The lowest BCUT2D eigenvalue weighted by atomic mass is 10.1. The average molecular weight is 290 g/mol. The summed E-state index contributed by atoms with van der Waals surface area (Å²) in [5, 5.41) is 0. The van der Waals surface area contributed by atoms with Crippen LogP contribution in [0.25, 0.3) is 0 Å². The number of anilines is 1. The van der Waals surface area contributed by atoms with Gasteiger partial charge >= 0.3 is 5.97 Å². The molecule has 5 nitrogen and oxygen atoms in total. The fourth-order valence-electron chi connectivity index (χ4n) is 2.45. The van der Waals surface area contributed by atoms with Gasteiger partial charge in [0.15, 0.2) is 0 Å². The number of amides is 1. The van der Waals surface area contributed by atoms with Gasteiger partial charge in [-0.3, -0.25) is 9.59 Å². The number of likely N-dealkylation sites (tertiary alicyclic amines) is 1. The molecule has 2 rings (SSSR count). The van der Waals surface area contributed by atoms with Crippen LogP contribution < -0.4 is 4.90 Å². The van der Waals surface area contributed by atoms with E-state index >= 15 is 0 Å². The van der Waals surface area contributed by atoms with Gasteiger partial charge in [-0.05, 0) is 32.0 Å². The standard InChI is InChI=1S/C16H22N2O3/c1-13(19)18(14-6-4-3-5-7-14)12-16(20)21-15-8-10-17(2)11-9-15/h3-7,15H,8-12H2,1-2H3. The lowest BCUT2D eigenvalue weighted by molar-refractivity contribution is -0.150. The van der Waals surface area contributed by atoms with E-state index in [1.807, 2.05) is 30.3 Å². The summed E-state index contributed by atoms with van der Waals surface area (Å²) in [4.78, 5) is 27.4. The molecule has 0 saturated carbocycles. The van der Waals surface area contributed by atoms with Crippen LogP contribution in [0.4, 0.5) is 5.69 Å². The maximum absolute atomic E-state index is 12.1. The quantitative estimate of drug-likeness (QED) is 0.792. The van der Waals surface area contributed by atoms with Crippen LogP contribution in [-0.2, 0) is 14.3 Å². The molecular weight excluding hydrogens is 268 g/mol. The third-order valence-corrected chi connectivity index (χ3v) is 3.70. The minimum Gasteiger partial charge on any atom is -0.461 e. The highest BCUT2D eigenvalue weighted by molar-refractivity contribution is 5.96.